The van der Waals surface area contributed by atoms with E-state index >= 15 is 4.79 Å². The molecule has 0 radical (unpaired) electrons. The number of benzene rings is 3. The highest BCUT2D eigenvalue weighted by molar-refractivity contribution is 5.96. The van der Waals surface area contributed by atoms with Gasteiger partial charge in [-0.15, -0.1) is 0 Å². The fourth-order valence-electron chi connectivity index (χ4n) is 10.2. The average molecular weight is 854 g/mol. The number of aliphatic hydroxyl groups is 3. The van der Waals surface area contributed by atoms with E-state index in [0.717, 1.165) is 13.8 Å². The van der Waals surface area contributed by atoms with E-state index in [1.807, 2.05) is 0 Å². The summed E-state index contributed by atoms with van der Waals surface area (Å²) in [7, 11) is 0. The molecule has 15 heteroatoms. The lowest BCUT2D eigenvalue weighted by atomic mass is 9.44. The van der Waals surface area contributed by atoms with Crippen LogP contribution >= 0.6 is 0 Å². The fourth-order valence-corrected chi connectivity index (χ4v) is 10.2. The van der Waals surface area contributed by atoms with Crippen molar-refractivity contribution in [3.63, 3.8) is 0 Å². The Kier molecular flexibility index (Phi) is 11.8. The lowest BCUT2D eigenvalue weighted by molar-refractivity contribution is -0.346. The lowest BCUT2D eigenvalue weighted by Crippen LogP contribution is -2.82. The number of esters is 4. The number of rotatable bonds is 10. The van der Waals surface area contributed by atoms with Crippen LogP contribution in [-0.4, -0.2) is 105 Å². The molecule has 1 heterocycles. The average Bonchev–Trinajstić information content (AvgIpc) is 3.24. The number of hydrogen-bond donors (Lipinski definition) is 4. The maximum absolute atomic E-state index is 15.5. The second-order valence-corrected chi connectivity index (χ2v) is 17.4. The summed E-state index contributed by atoms with van der Waals surface area (Å²) in [5.41, 5.74) is -7.02. The van der Waals surface area contributed by atoms with Crippen molar-refractivity contribution >= 4 is 35.6 Å². The molecule has 2 bridgehead atoms. The molecule has 7 rings (SSSR count). The van der Waals surface area contributed by atoms with Gasteiger partial charge in [0, 0.05) is 37.7 Å². The smallest absolute Gasteiger partial charge is 0.338 e. The summed E-state index contributed by atoms with van der Waals surface area (Å²) >= 11 is 0. The first kappa shape index (κ1) is 44.3. The van der Waals surface area contributed by atoms with E-state index in [9.17, 15) is 39.3 Å². The van der Waals surface area contributed by atoms with E-state index in [2.05, 4.69) is 5.32 Å². The van der Waals surface area contributed by atoms with E-state index in [1.54, 1.807) is 92.7 Å². The monoisotopic (exact) mass is 853 g/mol. The zero-order valence-corrected chi connectivity index (χ0v) is 35.2. The number of hydrogen-bond acceptors (Lipinski definition) is 14. The lowest BCUT2D eigenvalue weighted by Gasteiger charge is -2.67. The van der Waals surface area contributed by atoms with E-state index in [1.165, 1.54) is 26.0 Å². The molecule has 1 aliphatic heterocycles. The summed E-state index contributed by atoms with van der Waals surface area (Å²) in [5, 5.41) is 40.2. The molecule has 2 unspecified atom stereocenters. The fraction of sp³-hybridized carbons (Fsp3) is 0.447. The number of aliphatic hydroxyl groups excluding tert-OH is 2. The van der Waals surface area contributed by atoms with Crippen LogP contribution in [0.1, 0.15) is 86.7 Å². The van der Waals surface area contributed by atoms with Crippen LogP contribution in [0.4, 0.5) is 0 Å². The minimum atomic E-state index is -2.39. The molecule has 3 aromatic carbocycles. The molecular formula is C47H51NO14. The maximum atomic E-state index is 15.5. The Labute approximate surface area is 358 Å². The van der Waals surface area contributed by atoms with Crippen LogP contribution in [-0.2, 0) is 42.9 Å². The van der Waals surface area contributed by atoms with Crippen LogP contribution in [0.15, 0.2) is 102 Å². The second-order valence-electron chi connectivity index (χ2n) is 17.4. The topological polar surface area (TPSA) is 221 Å². The zero-order chi connectivity index (χ0) is 44.9. The molecule has 11 atom stereocenters. The number of Topliss-reactive ketones (excluding diaryl/α,β-unsaturated/α-hetero) is 1. The zero-order valence-electron chi connectivity index (χ0n) is 35.2. The van der Waals surface area contributed by atoms with Crippen molar-refractivity contribution in [1.29, 1.82) is 0 Å². The molecule has 0 spiro atoms. The summed E-state index contributed by atoms with van der Waals surface area (Å²) in [4.78, 5) is 83.5. The first-order valence-electron chi connectivity index (χ1n) is 20.5. The summed E-state index contributed by atoms with van der Waals surface area (Å²) in [5.74, 6) is -6.84. The number of carbonyl (C=O) groups excluding carboxylic acids is 6. The van der Waals surface area contributed by atoms with Crippen LogP contribution in [0.25, 0.3) is 0 Å². The summed E-state index contributed by atoms with van der Waals surface area (Å²) in [6.45, 7) is 7.97. The van der Waals surface area contributed by atoms with Crippen molar-refractivity contribution in [2.75, 3.05) is 6.61 Å². The number of ketones is 1. The van der Waals surface area contributed by atoms with Gasteiger partial charge in [0.2, 0.25) is 0 Å². The summed E-state index contributed by atoms with van der Waals surface area (Å²) < 4.78 is 30.3. The van der Waals surface area contributed by atoms with Gasteiger partial charge in [0.1, 0.15) is 23.9 Å². The number of nitrogens with one attached hydrogen (secondary N) is 1. The third kappa shape index (κ3) is 7.29. The Bertz CT molecular complexity index is 2280. The molecular weight excluding hydrogens is 803 g/mol. The van der Waals surface area contributed by atoms with Gasteiger partial charge in [0.25, 0.3) is 5.91 Å². The second kappa shape index (κ2) is 16.5. The number of fused-ring (bicyclic) bond motifs is 5. The highest BCUT2D eigenvalue weighted by atomic mass is 16.6. The third-order valence-electron chi connectivity index (χ3n) is 13.5. The van der Waals surface area contributed by atoms with Crippen LogP contribution in [0.3, 0.4) is 0 Å². The predicted molar refractivity (Wildman–Crippen MR) is 218 cm³/mol. The maximum Gasteiger partial charge on any atom is 0.338 e. The minimum absolute atomic E-state index is 0.00289. The van der Waals surface area contributed by atoms with Crippen molar-refractivity contribution in [1.82, 2.24) is 5.32 Å². The summed E-state index contributed by atoms with van der Waals surface area (Å²) in [6.07, 6.45) is -10.5. The number of amides is 1. The van der Waals surface area contributed by atoms with Gasteiger partial charge in [-0.2, -0.15) is 0 Å². The molecule has 15 nitrogen and oxygen atoms in total. The molecule has 328 valence electrons. The van der Waals surface area contributed by atoms with Crippen molar-refractivity contribution in [3.05, 3.63) is 119 Å². The van der Waals surface area contributed by atoms with Gasteiger partial charge in [-0.3, -0.25) is 19.2 Å². The van der Waals surface area contributed by atoms with Gasteiger partial charge in [0.05, 0.1) is 35.6 Å². The first-order valence-corrected chi connectivity index (χ1v) is 20.5. The molecule has 4 aliphatic rings. The van der Waals surface area contributed by atoms with Crippen LogP contribution in [0, 0.1) is 16.7 Å². The molecule has 0 aromatic heterocycles. The van der Waals surface area contributed by atoms with Crippen LogP contribution < -0.4 is 5.32 Å². The van der Waals surface area contributed by atoms with Gasteiger partial charge in [-0.25, -0.2) is 9.59 Å². The van der Waals surface area contributed by atoms with E-state index in [4.69, 9.17) is 23.7 Å². The van der Waals surface area contributed by atoms with Crippen molar-refractivity contribution in [3.8, 4) is 0 Å². The molecule has 4 N–H and O–H groups in total. The van der Waals surface area contributed by atoms with Gasteiger partial charge < -0.3 is 44.3 Å². The Morgan fingerprint density at radius 3 is 1.95 bits per heavy atom. The Morgan fingerprint density at radius 1 is 0.823 bits per heavy atom. The highest BCUT2D eigenvalue weighted by Gasteiger charge is 2.78. The standard InChI is InChI=1S/C47H51NO14/c1-25-31(60-43(56)36(52)35(28-16-10-7-11-17-28)48-41(54)29-18-12-8-13-19-29)23-47(57)40(61-42(55)30-20-14-9-15-21-30)38-45(6,32(51)22-33-46(38,24-58-33)62-27(3)50)39(53)37(59-26(2)49)34(25)44(47,4)5/h7-21,31-33,35-38,40,51-52,57H,22-24H2,1-6H3,(H,48,54)/t31-,32-,33+,35?,36+,37+,38-,40?,45+,46-,47+/m0/s1. The molecule has 2 saturated carbocycles. The quantitative estimate of drug-likeness (QED) is 0.130. The largest absolute Gasteiger partial charge is 0.456 e. The Balaban J connectivity index is 1.39. The van der Waals surface area contributed by atoms with Gasteiger partial charge in [-0.1, -0.05) is 80.6 Å². The first-order chi connectivity index (χ1) is 29.3. The highest BCUT2D eigenvalue weighted by Crippen LogP contribution is 2.64. The van der Waals surface area contributed by atoms with Crippen LogP contribution in [0.5, 0.6) is 0 Å². The Morgan fingerprint density at radius 2 is 1.40 bits per heavy atom. The Hall–Kier alpha value is -5.74. The molecule has 3 fully saturated rings. The third-order valence-corrected chi connectivity index (χ3v) is 13.5. The molecule has 3 aromatic rings. The number of carbonyl (C=O) groups is 6. The van der Waals surface area contributed by atoms with Crippen molar-refractivity contribution in [2.24, 2.45) is 16.7 Å². The molecule has 62 heavy (non-hydrogen) atoms. The molecule has 1 amide bonds. The normalized spacial score (nSPS) is 31.9. The van der Waals surface area contributed by atoms with E-state index in [0.29, 0.717) is 5.56 Å². The molecule has 1 saturated heterocycles. The predicted octanol–water partition coefficient (Wildman–Crippen LogP) is 3.74. The minimum Gasteiger partial charge on any atom is -0.456 e. The SMILES string of the molecule is CC(=O)O[C@H]1C(=O)[C@@]2(C)[C@H](C(OC(=O)c3ccccc3)[C@]3(O)C[C@H](OC(=O)[C@H](O)C(NC(=O)c4ccccc4)c4ccccc4)C(C)=C1C3(C)C)[C@]1(OC(C)=O)CO[C@@H]1C[C@@H]2O. The van der Waals surface area contributed by atoms with Gasteiger partial charge in [-0.05, 0) is 54.8 Å². The molecule has 3 aliphatic carbocycles. The van der Waals surface area contributed by atoms with Crippen LogP contribution in [0.2, 0.25) is 0 Å². The van der Waals surface area contributed by atoms with Crippen molar-refractivity contribution < 1.29 is 67.8 Å². The van der Waals surface area contributed by atoms with E-state index in [-0.39, 0.29) is 35.3 Å². The van der Waals surface area contributed by atoms with Gasteiger partial charge in [0.15, 0.2) is 23.6 Å². The van der Waals surface area contributed by atoms with Crippen molar-refractivity contribution in [2.45, 2.75) is 108 Å². The van der Waals surface area contributed by atoms with Gasteiger partial charge >= 0.3 is 23.9 Å². The summed E-state index contributed by atoms with van der Waals surface area (Å²) in [6, 6.07) is 22.9. The number of ether oxygens (including phenoxy) is 5. The van der Waals surface area contributed by atoms with E-state index < -0.39 is 113 Å².